The molecule has 6 nitrogen and oxygen atoms in total. The number of anilines is 1. The van der Waals surface area contributed by atoms with Crippen LogP contribution in [0, 0.1) is 5.41 Å². The smallest absolute Gasteiger partial charge is 0.240 e. The number of nitrogens with two attached hydrogens (primary N) is 1. The molecule has 1 fully saturated rings. The molecule has 0 spiro atoms. The van der Waals surface area contributed by atoms with Crippen LogP contribution in [0.4, 0.5) is 5.69 Å². The number of aromatic hydroxyl groups is 1. The number of hydrogen-bond acceptors (Lipinski definition) is 5. The minimum Gasteiger partial charge on any atom is -0.506 e. The molecule has 1 aromatic carbocycles. The molecule has 0 unspecified atom stereocenters. The molecule has 0 amide bonds. The predicted molar refractivity (Wildman–Crippen MR) is 80.3 cm³/mol. The van der Waals surface area contributed by atoms with E-state index in [1.807, 2.05) is 0 Å². The normalized spacial score (nSPS) is 18.5. The van der Waals surface area contributed by atoms with Crippen molar-refractivity contribution in [3.8, 4) is 5.75 Å². The summed E-state index contributed by atoms with van der Waals surface area (Å²) in [6.45, 7) is 0.194. The molecule has 2 rings (SSSR count). The van der Waals surface area contributed by atoms with Gasteiger partial charge in [0.15, 0.2) is 0 Å². The summed E-state index contributed by atoms with van der Waals surface area (Å²) >= 11 is 0. The highest BCUT2D eigenvalue weighted by Gasteiger charge is 2.32. The van der Waals surface area contributed by atoms with Crippen LogP contribution in [-0.2, 0) is 10.0 Å². The van der Waals surface area contributed by atoms with E-state index in [2.05, 4.69) is 4.72 Å². The van der Waals surface area contributed by atoms with Crippen LogP contribution in [-0.4, -0.2) is 31.8 Å². The molecule has 0 aromatic heterocycles. The second kappa shape index (κ2) is 6.21. The predicted octanol–water partition coefficient (Wildman–Crippen LogP) is 1.20. The van der Waals surface area contributed by atoms with E-state index < -0.39 is 10.0 Å². The maximum absolute atomic E-state index is 12.3. The molecule has 21 heavy (non-hydrogen) atoms. The minimum absolute atomic E-state index is 0.0155. The van der Waals surface area contributed by atoms with Crippen LogP contribution in [0.5, 0.6) is 5.75 Å². The van der Waals surface area contributed by atoms with E-state index in [0.29, 0.717) is 0 Å². The van der Waals surface area contributed by atoms with Crippen molar-refractivity contribution in [2.45, 2.75) is 37.0 Å². The van der Waals surface area contributed by atoms with Crippen LogP contribution in [0.2, 0.25) is 0 Å². The Labute approximate surface area is 125 Å². The third kappa shape index (κ3) is 3.66. The molecule has 1 aliphatic carbocycles. The average Bonchev–Trinajstić information content (AvgIpc) is 2.49. The Morgan fingerprint density at radius 2 is 1.90 bits per heavy atom. The molecule has 0 heterocycles. The van der Waals surface area contributed by atoms with Crippen LogP contribution in [0.1, 0.15) is 32.1 Å². The SMILES string of the molecule is Nc1cc(S(=O)(=O)NCC2(CO)CCCCC2)ccc1O. The molecule has 1 aliphatic rings. The van der Waals surface area contributed by atoms with E-state index in [-0.39, 0.29) is 34.9 Å². The number of aliphatic hydroxyl groups is 1. The zero-order chi connectivity index (χ0) is 15.5. The summed E-state index contributed by atoms with van der Waals surface area (Å²) in [6, 6.07) is 3.79. The first-order valence-electron chi connectivity index (χ1n) is 7.08. The van der Waals surface area contributed by atoms with Crippen molar-refractivity contribution >= 4 is 15.7 Å². The fourth-order valence-electron chi connectivity index (χ4n) is 2.72. The first kappa shape index (κ1) is 16.1. The van der Waals surface area contributed by atoms with Crippen LogP contribution >= 0.6 is 0 Å². The highest BCUT2D eigenvalue weighted by molar-refractivity contribution is 7.89. The van der Waals surface area contributed by atoms with Gasteiger partial charge < -0.3 is 15.9 Å². The number of phenolic OH excluding ortho intramolecular Hbond substituents is 1. The van der Waals surface area contributed by atoms with Crippen LogP contribution in [0.25, 0.3) is 0 Å². The highest BCUT2D eigenvalue weighted by Crippen LogP contribution is 2.35. The molecule has 1 saturated carbocycles. The van der Waals surface area contributed by atoms with Gasteiger partial charge in [0.1, 0.15) is 5.75 Å². The summed E-state index contributed by atoms with van der Waals surface area (Å²) in [7, 11) is -3.70. The Kier molecular flexibility index (Phi) is 4.75. The summed E-state index contributed by atoms with van der Waals surface area (Å²) in [5.41, 5.74) is 5.18. The molecule has 0 atom stereocenters. The first-order valence-corrected chi connectivity index (χ1v) is 8.56. The fraction of sp³-hybridized carbons (Fsp3) is 0.571. The molecular formula is C14H22N2O4S. The zero-order valence-electron chi connectivity index (χ0n) is 11.9. The van der Waals surface area contributed by atoms with Crippen molar-refractivity contribution in [3.05, 3.63) is 18.2 Å². The van der Waals surface area contributed by atoms with Gasteiger partial charge in [0.05, 0.1) is 10.6 Å². The zero-order valence-corrected chi connectivity index (χ0v) is 12.7. The van der Waals surface area contributed by atoms with Gasteiger partial charge in [-0.25, -0.2) is 13.1 Å². The molecule has 7 heteroatoms. The van der Waals surface area contributed by atoms with Crippen molar-refractivity contribution in [1.82, 2.24) is 4.72 Å². The molecule has 5 N–H and O–H groups in total. The van der Waals surface area contributed by atoms with Gasteiger partial charge in [0.2, 0.25) is 10.0 Å². The molecule has 118 valence electrons. The van der Waals surface area contributed by atoms with Gasteiger partial charge in [0.25, 0.3) is 0 Å². The molecule has 0 saturated heterocycles. The van der Waals surface area contributed by atoms with E-state index in [1.54, 1.807) is 0 Å². The molecule has 1 aromatic rings. The van der Waals surface area contributed by atoms with E-state index in [9.17, 15) is 18.6 Å². The van der Waals surface area contributed by atoms with Crippen molar-refractivity contribution in [2.75, 3.05) is 18.9 Å². The Morgan fingerprint density at radius 3 is 2.48 bits per heavy atom. The lowest BCUT2D eigenvalue weighted by atomic mass is 9.75. The number of sulfonamides is 1. The molecule has 0 bridgehead atoms. The summed E-state index contributed by atoms with van der Waals surface area (Å²) in [4.78, 5) is 0.0155. The highest BCUT2D eigenvalue weighted by atomic mass is 32.2. The van der Waals surface area contributed by atoms with Crippen LogP contribution in [0.15, 0.2) is 23.1 Å². The Bertz CT molecular complexity index is 595. The third-order valence-corrected chi connectivity index (χ3v) is 5.60. The Morgan fingerprint density at radius 1 is 1.24 bits per heavy atom. The van der Waals surface area contributed by atoms with E-state index >= 15 is 0 Å². The maximum atomic E-state index is 12.3. The number of benzene rings is 1. The number of rotatable bonds is 5. The first-order chi connectivity index (χ1) is 9.88. The topological polar surface area (TPSA) is 113 Å². The summed E-state index contributed by atoms with van der Waals surface area (Å²) in [6.07, 6.45) is 4.79. The number of hydrogen-bond donors (Lipinski definition) is 4. The largest absolute Gasteiger partial charge is 0.506 e. The van der Waals surface area contributed by atoms with Crippen molar-refractivity contribution in [1.29, 1.82) is 0 Å². The second-order valence-electron chi connectivity index (χ2n) is 5.76. The van der Waals surface area contributed by atoms with Crippen LogP contribution in [0.3, 0.4) is 0 Å². The number of nitrogen functional groups attached to an aromatic ring is 1. The third-order valence-electron chi connectivity index (χ3n) is 4.20. The number of nitrogens with one attached hydrogen (secondary N) is 1. The second-order valence-corrected chi connectivity index (χ2v) is 7.53. The molecule has 0 aliphatic heterocycles. The van der Waals surface area contributed by atoms with Gasteiger partial charge in [-0.05, 0) is 31.0 Å². The van der Waals surface area contributed by atoms with Crippen molar-refractivity contribution in [3.63, 3.8) is 0 Å². The van der Waals surface area contributed by atoms with Gasteiger partial charge in [-0.2, -0.15) is 0 Å². The summed E-state index contributed by atoms with van der Waals surface area (Å²) < 4.78 is 27.1. The summed E-state index contributed by atoms with van der Waals surface area (Å²) in [5, 5.41) is 19.0. The molecule has 0 radical (unpaired) electrons. The van der Waals surface area contributed by atoms with Gasteiger partial charge in [-0.15, -0.1) is 0 Å². The lowest BCUT2D eigenvalue weighted by Gasteiger charge is -2.35. The van der Waals surface area contributed by atoms with E-state index in [1.165, 1.54) is 18.2 Å². The van der Waals surface area contributed by atoms with Crippen LogP contribution < -0.4 is 10.5 Å². The lowest BCUT2D eigenvalue weighted by molar-refractivity contribution is 0.0867. The molecular weight excluding hydrogens is 292 g/mol. The van der Waals surface area contributed by atoms with E-state index in [4.69, 9.17) is 5.73 Å². The monoisotopic (exact) mass is 314 g/mol. The lowest BCUT2D eigenvalue weighted by Crippen LogP contribution is -2.41. The van der Waals surface area contributed by atoms with Gasteiger partial charge in [0, 0.05) is 18.6 Å². The van der Waals surface area contributed by atoms with Crippen molar-refractivity contribution in [2.24, 2.45) is 5.41 Å². The Balaban J connectivity index is 2.11. The summed E-state index contributed by atoms with van der Waals surface area (Å²) in [5.74, 6) is -0.145. The van der Waals surface area contributed by atoms with Gasteiger partial charge in [-0.3, -0.25) is 0 Å². The Hall–Kier alpha value is -1.31. The van der Waals surface area contributed by atoms with Gasteiger partial charge >= 0.3 is 0 Å². The number of aliphatic hydroxyl groups excluding tert-OH is 1. The van der Waals surface area contributed by atoms with E-state index in [0.717, 1.165) is 32.1 Å². The maximum Gasteiger partial charge on any atom is 0.240 e. The average molecular weight is 314 g/mol. The van der Waals surface area contributed by atoms with Crippen molar-refractivity contribution < 1.29 is 18.6 Å². The fourth-order valence-corrected chi connectivity index (χ4v) is 3.92. The quantitative estimate of drug-likeness (QED) is 0.482. The van der Waals surface area contributed by atoms with Gasteiger partial charge in [-0.1, -0.05) is 19.3 Å². The number of phenols is 1. The standard InChI is InChI=1S/C14H22N2O4S/c15-12-8-11(4-5-13(12)18)21(19,20)16-9-14(10-17)6-2-1-3-7-14/h4-5,8,16-18H,1-3,6-7,9-10,15H2. The minimum atomic E-state index is -3.70.